The van der Waals surface area contributed by atoms with Crippen LogP contribution >= 0.6 is 0 Å². The van der Waals surface area contributed by atoms with Crippen molar-refractivity contribution in [2.24, 2.45) is 0 Å². The minimum absolute atomic E-state index is 0.647. The number of allylic oxidation sites excluding steroid dienone is 4. The van der Waals surface area contributed by atoms with Crippen LogP contribution in [-0.2, 0) is 0 Å². The van der Waals surface area contributed by atoms with Crippen molar-refractivity contribution in [3.05, 3.63) is 163 Å². The second-order valence-corrected chi connectivity index (χ2v) is 11.9. The molecule has 1 aliphatic carbocycles. The fraction of sp³-hybridized carbons (Fsp3) is 0.0465. The predicted molar refractivity (Wildman–Crippen MR) is 193 cm³/mol. The summed E-state index contributed by atoms with van der Waals surface area (Å²) in [6, 6.07) is 48.3. The van der Waals surface area contributed by atoms with Crippen LogP contribution in [0.2, 0.25) is 0 Å². The zero-order valence-electron chi connectivity index (χ0n) is 25.6. The van der Waals surface area contributed by atoms with E-state index in [-0.39, 0.29) is 0 Å². The zero-order chi connectivity index (χ0) is 31.2. The molecular formula is C43H29N3O. The summed E-state index contributed by atoms with van der Waals surface area (Å²) < 4.78 is 6.28. The Kier molecular flexibility index (Phi) is 6.57. The molecule has 0 N–H and O–H groups in total. The summed E-state index contributed by atoms with van der Waals surface area (Å²) in [5.41, 5.74) is 9.33. The number of aromatic nitrogens is 3. The van der Waals surface area contributed by atoms with Gasteiger partial charge < -0.3 is 4.42 Å². The molecule has 0 unspecified atom stereocenters. The zero-order valence-corrected chi connectivity index (χ0v) is 25.6. The fourth-order valence-electron chi connectivity index (χ4n) is 6.73. The molecule has 1 aliphatic rings. The van der Waals surface area contributed by atoms with Crippen LogP contribution in [0, 0.1) is 0 Å². The van der Waals surface area contributed by atoms with Crippen molar-refractivity contribution in [2.45, 2.75) is 12.8 Å². The van der Waals surface area contributed by atoms with E-state index in [1.54, 1.807) is 0 Å². The van der Waals surface area contributed by atoms with Gasteiger partial charge in [-0.1, -0.05) is 127 Å². The molecule has 4 nitrogen and oxygen atoms in total. The van der Waals surface area contributed by atoms with Crippen LogP contribution in [0.5, 0.6) is 0 Å². The molecule has 0 aliphatic heterocycles. The third-order valence-electron chi connectivity index (χ3n) is 9.01. The second-order valence-electron chi connectivity index (χ2n) is 11.9. The van der Waals surface area contributed by atoms with Gasteiger partial charge in [-0.2, -0.15) is 0 Å². The quantitative estimate of drug-likeness (QED) is 0.196. The molecule has 0 radical (unpaired) electrons. The lowest BCUT2D eigenvalue weighted by Crippen LogP contribution is -2.05. The molecule has 6 aromatic carbocycles. The summed E-state index contributed by atoms with van der Waals surface area (Å²) in [4.78, 5) is 15.5. The number of rotatable bonds is 5. The van der Waals surface area contributed by atoms with Gasteiger partial charge in [0.25, 0.3) is 0 Å². The molecular weight excluding hydrogens is 574 g/mol. The Labute approximate surface area is 272 Å². The van der Waals surface area contributed by atoms with E-state index in [2.05, 4.69) is 133 Å². The van der Waals surface area contributed by atoms with Crippen molar-refractivity contribution in [3.8, 4) is 33.9 Å². The highest BCUT2D eigenvalue weighted by Gasteiger charge is 2.21. The minimum atomic E-state index is 0.647. The van der Waals surface area contributed by atoms with Crippen LogP contribution in [0.4, 0.5) is 0 Å². The summed E-state index contributed by atoms with van der Waals surface area (Å²) in [7, 11) is 0. The van der Waals surface area contributed by atoms with E-state index in [1.165, 1.54) is 11.0 Å². The van der Waals surface area contributed by atoms with E-state index in [0.717, 1.165) is 73.6 Å². The molecule has 0 saturated carbocycles. The normalized spacial score (nSPS) is 13.2. The van der Waals surface area contributed by atoms with Crippen molar-refractivity contribution in [2.75, 3.05) is 0 Å². The molecule has 0 fully saturated rings. The summed E-state index contributed by atoms with van der Waals surface area (Å²) in [5.74, 6) is 1.96. The van der Waals surface area contributed by atoms with Crippen LogP contribution < -0.4 is 0 Å². The van der Waals surface area contributed by atoms with Gasteiger partial charge in [0, 0.05) is 27.5 Å². The van der Waals surface area contributed by atoms with E-state index in [0.29, 0.717) is 17.5 Å². The summed E-state index contributed by atoms with van der Waals surface area (Å²) in [6.07, 6.45) is 6.23. The van der Waals surface area contributed by atoms with Crippen molar-refractivity contribution in [3.63, 3.8) is 0 Å². The molecule has 222 valence electrons. The first-order valence-electron chi connectivity index (χ1n) is 16.0. The molecule has 0 saturated heterocycles. The van der Waals surface area contributed by atoms with Crippen molar-refractivity contribution in [1.29, 1.82) is 0 Å². The molecule has 0 amide bonds. The number of hydrogen-bond acceptors (Lipinski definition) is 4. The second kappa shape index (κ2) is 11.3. The highest BCUT2D eigenvalue weighted by molar-refractivity contribution is 6.13. The Balaban J connectivity index is 1.28. The Morgan fingerprint density at radius 3 is 2.06 bits per heavy atom. The number of fused-ring (bicyclic) bond motifs is 4. The van der Waals surface area contributed by atoms with Gasteiger partial charge in [-0.15, -0.1) is 0 Å². The maximum Gasteiger partial charge on any atom is 0.164 e. The molecule has 0 bridgehead atoms. The van der Waals surface area contributed by atoms with Gasteiger partial charge in [0.1, 0.15) is 11.2 Å². The smallest absolute Gasteiger partial charge is 0.164 e. The molecule has 8 aromatic rings. The van der Waals surface area contributed by atoms with Crippen LogP contribution in [0.1, 0.15) is 24.2 Å². The average Bonchev–Trinajstić information content (AvgIpc) is 3.54. The number of furan rings is 1. The molecule has 0 atom stereocenters. The molecule has 2 aromatic heterocycles. The van der Waals surface area contributed by atoms with Gasteiger partial charge >= 0.3 is 0 Å². The van der Waals surface area contributed by atoms with E-state index in [1.807, 2.05) is 18.2 Å². The van der Waals surface area contributed by atoms with Crippen molar-refractivity contribution in [1.82, 2.24) is 15.0 Å². The molecule has 0 spiro atoms. The minimum Gasteiger partial charge on any atom is -0.456 e. The lowest BCUT2D eigenvalue weighted by atomic mass is 9.88. The first-order valence-corrected chi connectivity index (χ1v) is 16.0. The van der Waals surface area contributed by atoms with Crippen molar-refractivity contribution >= 4 is 43.9 Å². The van der Waals surface area contributed by atoms with Gasteiger partial charge in [-0.3, -0.25) is 0 Å². The highest BCUT2D eigenvalue weighted by Crippen LogP contribution is 2.41. The highest BCUT2D eigenvalue weighted by atomic mass is 16.3. The van der Waals surface area contributed by atoms with Crippen LogP contribution in [0.25, 0.3) is 77.8 Å². The van der Waals surface area contributed by atoms with E-state index in [4.69, 9.17) is 19.4 Å². The summed E-state index contributed by atoms with van der Waals surface area (Å²) in [6.45, 7) is 0. The standard InChI is InChI=1S/C43H29N3O/c1-2-12-28(13-3-1)31-16-10-17-32(26-31)41-44-42(33-25-24-29-14-4-5-15-30(29)27-33)46-43(45-41)36-19-7-6-18-34(36)35-21-11-23-39-40(35)37-20-8-9-22-38(37)47-39/h1-5,7-17,19-27H,6,18H2. The van der Waals surface area contributed by atoms with E-state index < -0.39 is 0 Å². The summed E-state index contributed by atoms with van der Waals surface area (Å²) in [5, 5.41) is 4.58. The SMILES string of the molecule is C1=CC(c2nc(-c3cccc(-c4ccccc4)c3)nc(-c3ccc4ccccc4c3)n2)=C(c2cccc3oc4ccccc4c23)CC1. The third-order valence-corrected chi connectivity index (χ3v) is 9.01. The fourth-order valence-corrected chi connectivity index (χ4v) is 6.73. The van der Waals surface area contributed by atoms with Crippen molar-refractivity contribution < 1.29 is 4.42 Å². The van der Waals surface area contributed by atoms with Crippen LogP contribution in [0.15, 0.2) is 156 Å². The molecule has 9 rings (SSSR count). The number of hydrogen-bond donors (Lipinski definition) is 0. The van der Waals surface area contributed by atoms with Gasteiger partial charge in [-0.25, -0.2) is 15.0 Å². The third kappa shape index (κ3) is 4.91. The van der Waals surface area contributed by atoms with E-state index in [9.17, 15) is 0 Å². The maximum absolute atomic E-state index is 6.28. The number of para-hydroxylation sites is 1. The average molecular weight is 604 g/mol. The molecule has 47 heavy (non-hydrogen) atoms. The molecule has 2 heterocycles. The maximum atomic E-state index is 6.28. The van der Waals surface area contributed by atoms with E-state index >= 15 is 0 Å². The number of benzene rings is 6. The lowest BCUT2D eigenvalue weighted by Gasteiger charge is -2.18. The Morgan fingerprint density at radius 1 is 0.489 bits per heavy atom. The first-order chi connectivity index (χ1) is 23.3. The van der Waals surface area contributed by atoms with Gasteiger partial charge in [0.15, 0.2) is 17.5 Å². The Bertz CT molecular complexity index is 2520. The first kappa shape index (κ1) is 27.2. The van der Waals surface area contributed by atoms with Crippen LogP contribution in [0.3, 0.4) is 0 Å². The summed E-state index contributed by atoms with van der Waals surface area (Å²) >= 11 is 0. The molecule has 4 heteroatoms. The van der Waals surface area contributed by atoms with Gasteiger partial charge in [0.05, 0.1) is 0 Å². The Morgan fingerprint density at radius 2 is 1.17 bits per heavy atom. The van der Waals surface area contributed by atoms with Gasteiger partial charge in [-0.05, 0) is 70.1 Å². The monoisotopic (exact) mass is 603 g/mol. The predicted octanol–water partition coefficient (Wildman–Crippen LogP) is 11.2. The Hall–Kier alpha value is -6.13. The largest absolute Gasteiger partial charge is 0.456 e. The topological polar surface area (TPSA) is 51.8 Å². The lowest BCUT2D eigenvalue weighted by molar-refractivity contribution is 0.669. The van der Waals surface area contributed by atoms with Gasteiger partial charge in [0.2, 0.25) is 0 Å². The number of nitrogens with zero attached hydrogens (tertiary/aromatic N) is 3. The van der Waals surface area contributed by atoms with Crippen LogP contribution in [-0.4, -0.2) is 15.0 Å².